The highest BCUT2D eigenvalue weighted by molar-refractivity contribution is 7.19. The maximum Gasteiger partial charge on any atom is 0.101 e. The summed E-state index contributed by atoms with van der Waals surface area (Å²) in [4.78, 5) is 9.94. The first-order valence-electron chi connectivity index (χ1n) is 2.78. The lowest BCUT2D eigenvalue weighted by atomic mass is 9.81. The second-order valence-electron chi connectivity index (χ2n) is 2.67. The molecule has 1 saturated carbocycles. The third-order valence-corrected chi connectivity index (χ3v) is 2.52. The molecule has 0 aromatic heterocycles. The van der Waals surface area contributed by atoms with Crippen LogP contribution in [0, 0.1) is 4.91 Å². The first-order valence-corrected chi connectivity index (χ1v) is 3.36. The molecule has 2 nitrogen and oxygen atoms in total. The van der Waals surface area contributed by atoms with Gasteiger partial charge in [-0.3, -0.25) is 0 Å². The van der Waals surface area contributed by atoms with E-state index in [1.807, 2.05) is 6.92 Å². The molecular formula is C5H10NOP. The van der Waals surface area contributed by atoms with Crippen molar-refractivity contribution in [1.29, 1.82) is 0 Å². The number of rotatable bonds is 1. The molecule has 0 bridgehead atoms. The van der Waals surface area contributed by atoms with E-state index in [1.165, 1.54) is 0 Å². The van der Waals surface area contributed by atoms with Gasteiger partial charge in [-0.2, -0.15) is 4.91 Å². The molecule has 46 valence electrons. The average Bonchev–Trinajstić information content (AvgIpc) is 1.66. The second kappa shape index (κ2) is 1.77. The van der Waals surface area contributed by atoms with Gasteiger partial charge >= 0.3 is 0 Å². The van der Waals surface area contributed by atoms with E-state index in [1.54, 1.807) is 0 Å². The highest BCUT2D eigenvalue weighted by Gasteiger charge is 2.39. The normalized spacial score (nSPS) is 45.5. The Morgan fingerprint density at radius 3 is 2.50 bits per heavy atom. The Labute approximate surface area is 51.2 Å². The monoisotopic (exact) mass is 131 g/mol. The van der Waals surface area contributed by atoms with Gasteiger partial charge in [0.15, 0.2) is 0 Å². The van der Waals surface area contributed by atoms with E-state index in [0.717, 1.165) is 12.8 Å². The summed E-state index contributed by atoms with van der Waals surface area (Å²) >= 11 is 0. The summed E-state index contributed by atoms with van der Waals surface area (Å²) in [5, 5.41) is 3.10. The summed E-state index contributed by atoms with van der Waals surface area (Å²) < 4.78 is 0. The maximum atomic E-state index is 9.94. The van der Waals surface area contributed by atoms with Crippen molar-refractivity contribution in [1.82, 2.24) is 0 Å². The minimum absolute atomic E-state index is 0.0625. The Kier molecular flexibility index (Phi) is 1.36. The second-order valence-corrected chi connectivity index (χ2v) is 3.98. The van der Waals surface area contributed by atoms with Crippen LogP contribution in [0.25, 0.3) is 0 Å². The lowest BCUT2D eigenvalue weighted by Crippen LogP contribution is -2.41. The van der Waals surface area contributed by atoms with Gasteiger partial charge in [0.1, 0.15) is 6.04 Å². The first kappa shape index (κ1) is 6.15. The summed E-state index contributed by atoms with van der Waals surface area (Å²) in [6.45, 7) is 2.05. The maximum absolute atomic E-state index is 9.94. The number of nitroso groups, excluding NO2 is 1. The van der Waals surface area contributed by atoms with E-state index in [2.05, 4.69) is 14.4 Å². The van der Waals surface area contributed by atoms with Gasteiger partial charge in [-0.1, -0.05) is 12.1 Å². The van der Waals surface area contributed by atoms with Crippen LogP contribution in [0.3, 0.4) is 0 Å². The molecule has 1 rings (SSSR count). The van der Waals surface area contributed by atoms with Crippen LogP contribution in [0.2, 0.25) is 0 Å². The van der Waals surface area contributed by atoms with Crippen LogP contribution in [-0.2, 0) is 0 Å². The molecule has 0 spiro atoms. The minimum Gasteiger partial charge on any atom is -0.150 e. The zero-order valence-electron chi connectivity index (χ0n) is 4.92. The molecule has 0 radical (unpaired) electrons. The molecule has 1 aliphatic carbocycles. The van der Waals surface area contributed by atoms with Crippen molar-refractivity contribution in [2.24, 2.45) is 5.18 Å². The van der Waals surface area contributed by atoms with Crippen LogP contribution >= 0.6 is 9.24 Å². The van der Waals surface area contributed by atoms with E-state index >= 15 is 0 Å². The molecule has 0 heterocycles. The van der Waals surface area contributed by atoms with Crippen LogP contribution < -0.4 is 0 Å². The predicted molar refractivity (Wildman–Crippen MR) is 36.9 cm³/mol. The molecule has 8 heavy (non-hydrogen) atoms. The summed E-state index contributed by atoms with van der Waals surface area (Å²) in [7, 11) is 2.67. The molecular weight excluding hydrogens is 121 g/mol. The van der Waals surface area contributed by atoms with Gasteiger partial charge in [0, 0.05) is 5.16 Å². The zero-order chi connectivity index (χ0) is 6.20. The van der Waals surface area contributed by atoms with Crippen LogP contribution in [-0.4, -0.2) is 11.2 Å². The summed E-state index contributed by atoms with van der Waals surface area (Å²) in [6.07, 6.45) is 2.09. The van der Waals surface area contributed by atoms with Gasteiger partial charge in [0.25, 0.3) is 0 Å². The molecule has 0 amide bonds. The van der Waals surface area contributed by atoms with E-state index in [-0.39, 0.29) is 11.2 Å². The fourth-order valence-corrected chi connectivity index (χ4v) is 1.30. The van der Waals surface area contributed by atoms with Crippen LogP contribution in [0.1, 0.15) is 19.8 Å². The van der Waals surface area contributed by atoms with E-state index in [9.17, 15) is 4.91 Å². The third-order valence-electron chi connectivity index (χ3n) is 1.84. The lowest BCUT2D eigenvalue weighted by Gasteiger charge is -2.38. The van der Waals surface area contributed by atoms with Crippen molar-refractivity contribution in [2.45, 2.75) is 31.0 Å². The smallest absolute Gasteiger partial charge is 0.101 e. The zero-order valence-corrected chi connectivity index (χ0v) is 6.08. The molecule has 3 heteroatoms. The van der Waals surface area contributed by atoms with Crippen molar-refractivity contribution in [3.05, 3.63) is 4.91 Å². The Morgan fingerprint density at radius 1 is 1.88 bits per heavy atom. The number of hydrogen-bond acceptors (Lipinski definition) is 2. The third kappa shape index (κ3) is 0.775. The first-order chi connectivity index (χ1) is 3.67. The van der Waals surface area contributed by atoms with E-state index in [0.29, 0.717) is 0 Å². The average molecular weight is 131 g/mol. The van der Waals surface area contributed by atoms with Gasteiger partial charge in [-0.15, -0.1) is 9.24 Å². The Hall–Kier alpha value is 0.0300. The predicted octanol–water partition coefficient (Wildman–Crippen LogP) is 1.55. The fraction of sp³-hybridized carbons (Fsp3) is 1.00. The van der Waals surface area contributed by atoms with Crippen molar-refractivity contribution < 1.29 is 0 Å². The molecule has 0 aromatic carbocycles. The Morgan fingerprint density at radius 2 is 2.50 bits per heavy atom. The Bertz CT molecular complexity index is 113. The molecule has 2 unspecified atom stereocenters. The van der Waals surface area contributed by atoms with Gasteiger partial charge < -0.3 is 0 Å². The molecule has 0 N–H and O–H groups in total. The van der Waals surface area contributed by atoms with Gasteiger partial charge in [0.05, 0.1) is 0 Å². The lowest BCUT2D eigenvalue weighted by molar-refractivity contribution is 0.323. The molecule has 1 fully saturated rings. The molecule has 0 aliphatic heterocycles. The summed E-state index contributed by atoms with van der Waals surface area (Å²) in [6, 6.07) is 0.0625. The van der Waals surface area contributed by atoms with Crippen LogP contribution in [0.15, 0.2) is 5.18 Å². The fourth-order valence-electron chi connectivity index (χ4n) is 0.902. The molecule has 0 saturated heterocycles. The summed E-state index contributed by atoms with van der Waals surface area (Å²) in [5.41, 5.74) is 0. The summed E-state index contributed by atoms with van der Waals surface area (Å²) in [5.74, 6) is 0. The Balaban J connectivity index is 2.49. The SMILES string of the molecule is C[C@@]1(P)CCC1N=O. The number of hydrogen-bond donors (Lipinski definition) is 0. The van der Waals surface area contributed by atoms with E-state index in [4.69, 9.17) is 0 Å². The van der Waals surface area contributed by atoms with Gasteiger partial charge in [0.2, 0.25) is 0 Å². The quantitative estimate of drug-likeness (QED) is 0.392. The van der Waals surface area contributed by atoms with Gasteiger partial charge in [-0.05, 0) is 12.8 Å². The highest BCUT2D eigenvalue weighted by atomic mass is 31.0. The molecule has 0 aromatic rings. The highest BCUT2D eigenvalue weighted by Crippen LogP contribution is 2.41. The van der Waals surface area contributed by atoms with Gasteiger partial charge in [-0.25, -0.2) is 0 Å². The minimum atomic E-state index is 0.0625. The van der Waals surface area contributed by atoms with Crippen molar-refractivity contribution in [2.75, 3.05) is 0 Å². The molecule has 1 aliphatic rings. The number of nitrogens with zero attached hydrogens (tertiary/aromatic N) is 1. The van der Waals surface area contributed by atoms with Crippen molar-refractivity contribution in [3.8, 4) is 0 Å². The van der Waals surface area contributed by atoms with Crippen LogP contribution in [0.5, 0.6) is 0 Å². The van der Waals surface area contributed by atoms with Crippen molar-refractivity contribution >= 4 is 9.24 Å². The largest absolute Gasteiger partial charge is 0.150 e. The van der Waals surface area contributed by atoms with Crippen LogP contribution in [0.4, 0.5) is 0 Å². The standard InChI is InChI=1S/C5H10NOP/c1-5(8)3-2-4(5)6-7/h4H,2-3,8H2,1H3/t4?,5-/m1/s1. The van der Waals surface area contributed by atoms with E-state index < -0.39 is 0 Å². The molecule has 3 atom stereocenters. The topological polar surface area (TPSA) is 29.4 Å². The van der Waals surface area contributed by atoms with Crippen molar-refractivity contribution in [3.63, 3.8) is 0 Å².